The molecule has 1 aliphatic carbocycles. The van der Waals surface area contributed by atoms with Crippen molar-refractivity contribution < 1.29 is 0 Å². The topological polar surface area (TPSA) is 33.1 Å². The van der Waals surface area contributed by atoms with E-state index in [1.165, 1.54) is 37.1 Å². The number of rotatable bonds is 3. The third-order valence-electron chi connectivity index (χ3n) is 4.43. The highest BCUT2D eigenvalue weighted by Crippen LogP contribution is 2.39. The van der Waals surface area contributed by atoms with Gasteiger partial charge in [0.1, 0.15) is 5.82 Å². The molecule has 0 unspecified atom stereocenters. The van der Waals surface area contributed by atoms with Gasteiger partial charge in [-0.1, -0.05) is 15.9 Å². The molecule has 2 aromatic rings. The van der Waals surface area contributed by atoms with Gasteiger partial charge in [0.05, 0.1) is 17.6 Å². The summed E-state index contributed by atoms with van der Waals surface area (Å²) in [5, 5.41) is 3.47. The molecule has 2 aliphatic rings. The number of nitrogens with zero attached hydrogens (tertiary/aromatic N) is 3. The Labute approximate surface area is 133 Å². The molecule has 4 rings (SSSR count). The number of halogens is 1. The van der Waals surface area contributed by atoms with Crippen LogP contribution in [-0.4, -0.2) is 40.6 Å². The fraction of sp³-hybridized carbons (Fsp3) is 0.562. The molecule has 5 heteroatoms. The molecule has 112 valence electrons. The van der Waals surface area contributed by atoms with Crippen molar-refractivity contribution in [2.45, 2.75) is 31.8 Å². The van der Waals surface area contributed by atoms with E-state index in [9.17, 15) is 0 Å². The summed E-state index contributed by atoms with van der Waals surface area (Å²) in [4.78, 5) is 7.47. The lowest BCUT2D eigenvalue weighted by atomic mass is 10.3. The van der Waals surface area contributed by atoms with Crippen LogP contribution < -0.4 is 5.32 Å². The second kappa shape index (κ2) is 5.71. The van der Waals surface area contributed by atoms with Crippen LogP contribution >= 0.6 is 15.9 Å². The van der Waals surface area contributed by atoms with Crippen molar-refractivity contribution in [3.8, 4) is 0 Å². The number of hydrogen-bond acceptors (Lipinski definition) is 3. The Hall–Kier alpha value is -0.910. The number of benzene rings is 1. The van der Waals surface area contributed by atoms with Gasteiger partial charge in [-0.25, -0.2) is 4.98 Å². The molecule has 1 saturated carbocycles. The van der Waals surface area contributed by atoms with Gasteiger partial charge in [0.25, 0.3) is 0 Å². The highest BCUT2D eigenvalue weighted by atomic mass is 79.9. The van der Waals surface area contributed by atoms with Crippen molar-refractivity contribution in [3.05, 3.63) is 28.5 Å². The molecule has 1 N–H and O–H groups in total. The predicted octanol–water partition coefficient (Wildman–Crippen LogP) is 2.93. The fourth-order valence-electron chi connectivity index (χ4n) is 3.23. The Balaban J connectivity index is 1.68. The van der Waals surface area contributed by atoms with E-state index in [0.717, 1.165) is 36.2 Å². The second-order valence-electron chi connectivity index (χ2n) is 6.14. The van der Waals surface area contributed by atoms with Crippen LogP contribution in [0.5, 0.6) is 0 Å². The maximum atomic E-state index is 4.93. The first kappa shape index (κ1) is 13.7. The molecule has 1 saturated heterocycles. The van der Waals surface area contributed by atoms with E-state index in [2.05, 4.69) is 48.9 Å². The molecule has 2 fully saturated rings. The minimum Gasteiger partial charge on any atom is -0.324 e. The van der Waals surface area contributed by atoms with Gasteiger partial charge in [-0.2, -0.15) is 0 Å². The van der Waals surface area contributed by atoms with E-state index in [0.29, 0.717) is 6.04 Å². The van der Waals surface area contributed by atoms with E-state index in [-0.39, 0.29) is 0 Å². The minimum atomic E-state index is 0.677. The molecule has 0 spiro atoms. The quantitative estimate of drug-likeness (QED) is 0.925. The average molecular weight is 349 g/mol. The number of nitrogens with one attached hydrogen (secondary N) is 1. The van der Waals surface area contributed by atoms with Gasteiger partial charge in [-0.05, 0) is 50.6 Å². The molecule has 0 amide bonds. The normalized spacial score (nSPS) is 20.8. The molecule has 2 heterocycles. The Morgan fingerprint density at radius 2 is 2.14 bits per heavy atom. The lowest BCUT2D eigenvalue weighted by molar-refractivity contribution is 0.273. The van der Waals surface area contributed by atoms with Crippen LogP contribution in [0, 0.1) is 0 Å². The van der Waals surface area contributed by atoms with Crippen LogP contribution in [0.25, 0.3) is 11.0 Å². The largest absolute Gasteiger partial charge is 0.324 e. The lowest BCUT2D eigenvalue weighted by Crippen LogP contribution is -2.29. The molecule has 1 aromatic carbocycles. The zero-order chi connectivity index (χ0) is 14.2. The van der Waals surface area contributed by atoms with Crippen LogP contribution in [0.1, 0.15) is 31.1 Å². The number of imidazole rings is 1. The third-order valence-corrected chi connectivity index (χ3v) is 4.93. The first-order chi connectivity index (χ1) is 10.3. The van der Waals surface area contributed by atoms with Gasteiger partial charge in [0.2, 0.25) is 0 Å². The van der Waals surface area contributed by atoms with Crippen molar-refractivity contribution in [2.75, 3.05) is 26.2 Å². The lowest BCUT2D eigenvalue weighted by Gasteiger charge is -2.19. The molecular formula is C16H21BrN4. The SMILES string of the molecule is Brc1ccc2c(c1)nc(CN1CCCNCC1)n2C1CC1. The van der Waals surface area contributed by atoms with Crippen molar-refractivity contribution in [2.24, 2.45) is 0 Å². The van der Waals surface area contributed by atoms with Crippen LogP contribution in [-0.2, 0) is 6.54 Å². The molecular weight excluding hydrogens is 328 g/mol. The standard InChI is InChI=1S/C16H21BrN4/c17-12-2-5-15-14(10-12)19-16(21(15)13-3-4-13)11-20-8-1-6-18-7-9-20/h2,5,10,13,18H,1,3-4,6-9,11H2. The van der Waals surface area contributed by atoms with E-state index in [4.69, 9.17) is 4.98 Å². The summed E-state index contributed by atoms with van der Waals surface area (Å²) in [5.74, 6) is 1.24. The van der Waals surface area contributed by atoms with E-state index in [1.807, 2.05) is 0 Å². The molecule has 1 aromatic heterocycles. The van der Waals surface area contributed by atoms with Gasteiger partial charge in [-0.15, -0.1) is 0 Å². The van der Waals surface area contributed by atoms with Gasteiger partial charge in [0, 0.05) is 23.6 Å². The van der Waals surface area contributed by atoms with Crippen LogP contribution in [0.3, 0.4) is 0 Å². The molecule has 0 radical (unpaired) electrons. The summed E-state index contributed by atoms with van der Waals surface area (Å²) < 4.78 is 3.60. The minimum absolute atomic E-state index is 0.677. The number of hydrogen-bond donors (Lipinski definition) is 1. The summed E-state index contributed by atoms with van der Waals surface area (Å²) >= 11 is 3.56. The van der Waals surface area contributed by atoms with Crippen molar-refractivity contribution >= 4 is 27.0 Å². The van der Waals surface area contributed by atoms with Gasteiger partial charge < -0.3 is 9.88 Å². The summed E-state index contributed by atoms with van der Waals surface area (Å²) in [7, 11) is 0. The van der Waals surface area contributed by atoms with Gasteiger partial charge in [0.15, 0.2) is 0 Å². The number of fused-ring (bicyclic) bond motifs is 1. The summed E-state index contributed by atoms with van der Waals surface area (Å²) in [6, 6.07) is 7.15. The number of aromatic nitrogens is 2. The van der Waals surface area contributed by atoms with Crippen LogP contribution in [0.2, 0.25) is 0 Å². The maximum Gasteiger partial charge on any atom is 0.124 e. The fourth-order valence-corrected chi connectivity index (χ4v) is 3.58. The average Bonchev–Trinajstić information content (AvgIpc) is 3.26. The molecule has 21 heavy (non-hydrogen) atoms. The maximum absolute atomic E-state index is 4.93. The highest BCUT2D eigenvalue weighted by molar-refractivity contribution is 9.10. The summed E-state index contributed by atoms with van der Waals surface area (Å²) in [6.07, 6.45) is 3.83. The first-order valence-electron chi connectivity index (χ1n) is 7.91. The first-order valence-corrected chi connectivity index (χ1v) is 8.70. The third kappa shape index (κ3) is 2.87. The Morgan fingerprint density at radius 1 is 1.24 bits per heavy atom. The second-order valence-corrected chi connectivity index (χ2v) is 7.06. The van der Waals surface area contributed by atoms with Crippen LogP contribution in [0.4, 0.5) is 0 Å². The highest BCUT2D eigenvalue weighted by Gasteiger charge is 2.28. The monoisotopic (exact) mass is 348 g/mol. The Bertz CT molecular complexity index is 639. The molecule has 1 aliphatic heterocycles. The predicted molar refractivity (Wildman–Crippen MR) is 88.5 cm³/mol. The zero-order valence-corrected chi connectivity index (χ0v) is 13.8. The summed E-state index contributed by atoms with van der Waals surface area (Å²) in [6.45, 7) is 5.50. The molecule has 0 bridgehead atoms. The van der Waals surface area contributed by atoms with Crippen molar-refractivity contribution in [3.63, 3.8) is 0 Å². The zero-order valence-electron chi connectivity index (χ0n) is 12.2. The molecule has 4 nitrogen and oxygen atoms in total. The van der Waals surface area contributed by atoms with E-state index >= 15 is 0 Å². The van der Waals surface area contributed by atoms with Crippen LogP contribution in [0.15, 0.2) is 22.7 Å². The summed E-state index contributed by atoms with van der Waals surface area (Å²) in [5.41, 5.74) is 2.42. The smallest absolute Gasteiger partial charge is 0.124 e. The van der Waals surface area contributed by atoms with E-state index in [1.54, 1.807) is 0 Å². The van der Waals surface area contributed by atoms with Gasteiger partial charge >= 0.3 is 0 Å². The molecule has 0 atom stereocenters. The van der Waals surface area contributed by atoms with Crippen molar-refractivity contribution in [1.82, 2.24) is 19.8 Å². The Morgan fingerprint density at radius 3 is 3.00 bits per heavy atom. The van der Waals surface area contributed by atoms with E-state index < -0.39 is 0 Å². The Kier molecular flexibility index (Phi) is 3.73. The van der Waals surface area contributed by atoms with Gasteiger partial charge in [-0.3, -0.25) is 4.90 Å². The van der Waals surface area contributed by atoms with Crippen molar-refractivity contribution in [1.29, 1.82) is 0 Å².